The number of nitrogens with zero attached hydrogens (tertiary/aromatic N) is 2. The molecule has 1 N–H and O–H groups in total. The number of nitrogens with one attached hydrogen (secondary N) is 1. The Kier molecular flexibility index (Phi) is 3.55. The van der Waals surface area contributed by atoms with Crippen molar-refractivity contribution in [1.82, 2.24) is 5.32 Å². The summed E-state index contributed by atoms with van der Waals surface area (Å²) in [6.07, 6.45) is 5.02. The Labute approximate surface area is 86.8 Å². The van der Waals surface area contributed by atoms with Crippen molar-refractivity contribution in [2.24, 2.45) is 4.99 Å². The van der Waals surface area contributed by atoms with Gasteiger partial charge in [0.15, 0.2) is 21.2 Å². The van der Waals surface area contributed by atoms with E-state index in [1.165, 1.54) is 17.8 Å². The van der Waals surface area contributed by atoms with E-state index < -0.39 is 9.84 Å². The van der Waals surface area contributed by atoms with Crippen LogP contribution >= 0.6 is 11.8 Å². The highest BCUT2D eigenvalue weighted by Crippen LogP contribution is 2.12. The molecule has 0 bridgehead atoms. The Bertz CT molecular complexity index is 405. The molecule has 1 aliphatic rings. The third kappa shape index (κ3) is 3.05. The summed E-state index contributed by atoms with van der Waals surface area (Å²) in [6.45, 7) is 0. The summed E-state index contributed by atoms with van der Waals surface area (Å²) in [5, 5.41) is 12.3. The average Bonchev–Trinajstić information content (AvgIpc) is 2.45. The van der Waals surface area contributed by atoms with Gasteiger partial charge in [-0.1, -0.05) is 11.8 Å². The van der Waals surface area contributed by atoms with E-state index >= 15 is 0 Å². The van der Waals surface area contributed by atoms with Gasteiger partial charge >= 0.3 is 0 Å². The molecule has 7 heteroatoms. The molecule has 1 atom stereocenters. The smallest absolute Gasteiger partial charge is 0.183 e. The fourth-order valence-electron chi connectivity index (χ4n) is 0.974. The van der Waals surface area contributed by atoms with Crippen LogP contribution in [0.25, 0.3) is 0 Å². The fraction of sp³-hybridized carbons (Fsp3) is 0.429. The first-order valence-corrected chi connectivity index (χ1v) is 6.69. The zero-order valence-corrected chi connectivity index (χ0v) is 9.10. The molecular formula is C7H9N3O2S2. The van der Waals surface area contributed by atoms with Crippen LogP contribution < -0.4 is 5.32 Å². The lowest BCUT2D eigenvalue weighted by atomic mass is 10.4. The molecule has 0 aromatic rings. The molecule has 0 saturated carbocycles. The van der Waals surface area contributed by atoms with Crippen molar-refractivity contribution in [3.8, 4) is 6.19 Å². The van der Waals surface area contributed by atoms with Gasteiger partial charge in [-0.3, -0.25) is 10.3 Å². The molecule has 14 heavy (non-hydrogen) atoms. The summed E-state index contributed by atoms with van der Waals surface area (Å²) in [6, 6.07) is -0.372. The average molecular weight is 231 g/mol. The molecular weight excluding hydrogens is 222 g/mol. The number of hydrogen-bond acceptors (Lipinski definition) is 5. The number of aliphatic imine (C=N–C) groups is 1. The maximum Gasteiger partial charge on any atom is 0.183 e. The first kappa shape index (κ1) is 11.1. The molecule has 0 spiro atoms. The summed E-state index contributed by atoms with van der Waals surface area (Å²) < 4.78 is 22.0. The Morgan fingerprint density at radius 3 is 2.93 bits per heavy atom. The number of amidine groups is 1. The van der Waals surface area contributed by atoms with Gasteiger partial charge in [0.2, 0.25) is 0 Å². The van der Waals surface area contributed by atoms with Crippen LogP contribution in [0.5, 0.6) is 0 Å². The van der Waals surface area contributed by atoms with Crippen LogP contribution in [0.4, 0.5) is 0 Å². The van der Waals surface area contributed by atoms with E-state index in [0.29, 0.717) is 5.17 Å². The molecule has 1 aliphatic heterocycles. The molecule has 1 heterocycles. The molecule has 0 fully saturated rings. The van der Waals surface area contributed by atoms with Crippen molar-refractivity contribution in [3.63, 3.8) is 0 Å². The van der Waals surface area contributed by atoms with Gasteiger partial charge in [-0.25, -0.2) is 8.42 Å². The lowest BCUT2D eigenvalue weighted by Gasteiger charge is -2.02. The Morgan fingerprint density at radius 1 is 1.79 bits per heavy atom. The van der Waals surface area contributed by atoms with E-state index in [9.17, 15) is 8.42 Å². The number of rotatable bonds is 1. The van der Waals surface area contributed by atoms with E-state index in [0.717, 1.165) is 5.41 Å². The summed E-state index contributed by atoms with van der Waals surface area (Å²) in [5.41, 5.74) is 0. The molecule has 76 valence electrons. The van der Waals surface area contributed by atoms with Crippen LogP contribution in [-0.4, -0.2) is 31.6 Å². The van der Waals surface area contributed by atoms with Crippen LogP contribution in [0.2, 0.25) is 0 Å². The van der Waals surface area contributed by atoms with Crippen LogP contribution in [0, 0.1) is 11.5 Å². The topological polar surface area (TPSA) is 82.3 Å². The largest absolute Gasteiger partial charge is 0.272 e. The second-order valence-electron chi connectivity index (χ2n) is 2.60. The number of thioether (sulfide) groups is 1. The number of nitriles is 1. The van der Waals surface area contributed by atoms with Crippen molar-refractivity contribution < 1.29 is 8.42 Å². The van der Waals surface area contributed by atoms with Crippen LogP contribution in [0.3, 0.4) is 0 Å². The summed E-state index contributed by atoms with van der Waals surface area (Å²) in [5.74, 6) is -0.00975. The van der Waals surface area contributed by atoms with Crippen molar-refractivity contribution in [2.45, 2.75) is 6.04 Å². The Hall–Kier alpha value is -1.00. The van der Waals surface area contributed by atoms with E-state index in [-0.39, 0.29) is 11.8 Å². The molecule has 0 aromatic heterocycles. The summed E-state index contributed by atoms with van der Waals surface area (Å²) in [4.78, 5) is 4.06. The second kappa shape index (κ2) is 4.48. The van der Waals surface area contributed by atoms with E-state index in [1.807, 2.05) is 0 Å². The zero-order valence-electron chi connectivity index (χ0n) is 7.47. The Balaban J connectivity index is 2.71. The Morgan fingerprint density at radius 2 is 2.50 bits per heavy atom. The second-order valence-corrected chi connectivity index (χ2v) is 5.33. The number of sulfone groups is 1. The SMILES string of the molecule is CSC(=NC1C=CS(=O)(=O)C1)NC#N. The minimum Gasteiger partial charge on any atom is -0.272 e. The molecule has 0 aliphatic carbocycles. The highest BCUT2D eigenvalue weighted by atomic mass is 32.2. The van der Waals surface area contributed by atoms with Gasteiger partial charge in [0.25, 0.3) is 0 Å². The van der Waals surface area contributed by atoms with Gasteiger partial charge in [-0.05, 0) is 12.3 Å². The van der Waals surface area contributed by atoms with Crippen LogP contribution in [0.1, 0.15) is 0 Å². The van der Waals surface area contributed by atoms with E-state index in [4.69, 9.17) is 5.26 Å². The first-order chi connectivity index (χ1) is 6.57. The van der Waals surface area contributed by atoms with Crippen molar-refractivity contribution in [2.75, 3.05) is 12.0 Å². The third-order valence-corrected chi connectivity index (χ3v) is 3.52. The molecule has 1 rings (SSSR count). The number of hydrogen-bond donors (Lipinski definition) is 1. The fourth-order valence-corrected chi connectivity index (χ4v) is 2.56. The van der Waals surface area contributed by atoms with Crippen molar-refractivity contribution in [3.05, 3.63) is 11.5 Å². The summed E-state index contributed by atoms with van der Waals surface area (Å²) in [7, 11) is -3.07. The van der Waals surface area contributed by atoms with E-state index in [2.05, 4.69) is 10.3 Å². The molecule has 0 amide bonds. The third-order valence-electron chi connectivity index (χ3n) is 1.55. The van der Waals surface area contributed by atoms with Crippen molar-refractivity contribution in [1.29, 1.82) is 5.26 Å². The maximum atomic E-state index is 11.0. The van der Waals surface area contributed by atoms with Gasteiger partial charge in [0, 0.05) is 5.41 Å². The molecule has 5 nitrogen and oxygen atoms in total. The molecule has 1 unspecified atom stereocenters. The van der Waals surface area contributed by atoms with Gasteiger partial charge < -0.3 is 0 Å². The predicted molar refractivity (Wildman–Crippen MR) is 56.4 cm³/mol. The molecule has 0 radical (unpaired) electrons. The standard InChI is InChI=1S/C7H9N3O2S2/c1-13-7(9-5-8)10-6-2-3-14(11,12)4-6/h2-3,6H,4H2,1H3,(H,9,10). The maximum absolute atomic E-state index is 11.0. The highest BCUT2D eigenvalue weighted by Gasteiger charge is 2.21. The lowest BCUT2D eigenvalue weighted by molar-refractivity contribution is 0.604. The summed E-state index contributed by atoms with van der Waals surface area (Å²) >= 11 is 1.27. The normalized spacial score (nSPS) is 24.6. The lowest BCUT2D eigenvalue weighted by Crippen LogP contribution is -2.18. The molecule has 0 aromatic carbocycles. The van der Waals surface area contributed by atoms with E-state index in [1.54, 1.807) is 12.4 Å². The van der Waals surface area contributed by atoms with Gasteiger partial charge in [0.1, 0.15) is 0 Å². The van der Waals surface area contributed by atoms with Crippen LogP contribution in [-0.2, 0) is 9.84 Å². The van der Waals surface area contributed by atoms with Gasteiger partial charge in [-0.15, -0.1) is 0 Å². The van der Waals surface area contributed by atoms with Crippen molar-refractivity contribution >= 4 is 26.8 Å². The van der Waals surface area contributed by atoms with Gasteiger partial charge in [-0.2, -0.15) is 5.26 Å². The van der Waals surface area contributed by atoms with Gasteiger partial charge in [0.05, 0.1) is 11.8 Å². The predicted octanol–water partition coefficient (Wildman–Crippen LogP) is 0.0868. The zero-order chi connectivity index (χ0) is 10.6. The van der Waals surface area contributed by atoms with Crippen LogP contribution in [0.15, 0.2) is 16.5 Å². The monoisotopic (exact) mass is 231 g/mol. The highest BCUT2D eigenvalue weighted by molar-refractivity contribution is 8.13. The molecule has 0 saturated heterocycles. The quantitative estimate of drug-likeness (QED) is 0.299. The minimum absolute atomic E-state index is 0.00975. The minimum atomic E-state index is -3.07. The first-order valence-electron chi connectivity index (χ1n) is 3.75.